The van der Waals surface area contributed by atoms with E-state index in [0.29, 0.717) is 5.56 Å². The number of carbonyl (C=O) groups is 1. The molecular formula is C36H40N2O4. The molecule has 1 saturated heterocycles. The Hall–Kier alpha value is -4.13. The summed E-state index contributed by atoms with van der Waals surface area (Å²) in [6.45, 7) is 2.80. The van der Waals surface area contributed by atoms with Gasteiger partial charge in [0.1, 0.15) is 11.5 Å². The Morgan fingerprint density at radius 3 is 2.10 bits per heavy atom. The summed E-state index contributed by atoms with van der Waals surface area (Å²) < 4.78 is 10.9. The van der Waals surface area contributed by atoms with E-state index in [2.05, 4.69) is 35.2 Å². The molecule has 0 aliphatic carbocycles. The molecule has 1 aliphatic rings. The molecule has 1 fully saturated rings. The van der Waals surface area contributed by atoms with E-state index >= 15 is 0 Å². The number of hydrogen-bond acceptors (Lipinski definition) is 5. The third kappa shape index (κ3) is 6.51. The number of likely N-dealkylation sites (tertiary alicyclic amines) is 1. The highest BCUT2D eigenvalue weighted by molar-refractivity contribution is 5.94. The third-order valence-electron chi connectivity index (χ3n) is 8.41. The van der Waals surface area contributed by atoms with Crippen LogP contribution in [0.5, 0.6) is 11.5 Å². The molecule has 0 saturated carbocycles. The maximum Gasteiger partial charge on any atom is 0.253 e. The van der Waals surface area contributed by atoms with Crippen LogP contribution >= 0.6 is 0 Å². The normalized spacial score (nSPS) is 15.5. The Morgan fingerprint density at radius 2 is 1.50 bits per heavy atom. The molecule has 0 radical (unpaired) electrons. The number of amides is 1. The molecule has 1 aliphatic heterocycles. The summed E-state index contributed by atoms with van der Waals surface area (Å²) >= 11 is 0. The Bertz CT molecular complexity index is 1410. The Balaban J connectivity index is 1.34. The van der Waals surface area contributed by atoms with Crippen molar-refractivity contribution in [2.45, 2.75) is 30.9 Å². The zero-order chi connectivity index (χ0) is 29.5. The van der Waals surface area contributed by atoms with E-state index in [-0.39, 0.29) is 17.9 Å². The number of hydrogen-bond donors (Lipinski definition) is 1. The molecule has 5 rings (SSSR count). The van der Waals surface area contributed by atoms with Gasteiger partial charge in [-0.15, -0.1) is 0 Å². The van der Waals surface area contributed by atoms with Gasteiger partial charge in [0.05, 0.1) is 26.9 Å². The second-order valence-electron chi connectivity index (χ2n) is 11.2. The number of nitrogens with zero attached hydrogens (tertiary/aromatic N) is 2. The van der Waals surface area contributed by atoms with Crippen molar-refractivity contribution in [3.05, 3.63) is 131 Å². The molecule has 218 valence electrons. The number of benzene rings is 4. The minimum Gasteiger partial charge on any atom is -0.497 e. The molecule has 4 aromatic rings. The summed E-state index contributed by atoms with van der Waals surface area (Å²) in [4.78, 5) is 17.4. The second-order valence-corrected chi connectivity index (χ2v) is 11.2. The van der Waals surface area contributed by atoms with Crippen LogP contribution in [-0.4, -0.2) is 61.7 Å². The summed E-state index contributed by atoms with van der Waals surface area (Å²) in [5, 5.41) is 10.6. The van der Waals surface area contributed by atoms with Crippen molar-refractivity contribution in [2.75, 3.05) is 40.9 Å². The van der Waals surface area contributed by atoms with Crippen LogP contribution in [0.1, 0.15) is 51.6 Å². The van der Waals surface area contributed by atoms with E-state index in [0.717, 1.165) is 55.1 Å². The summed E-state index contributed by atoms with van der Waals surface area (Å²) in [6, 6.07) is 34.2. The maximum atomic E-state index is 13.3. The van der Waals surface area contributed by atoms with Crippen molar-refractivity contribution in [3.63, 3.8) is 0 Å². The first-order valence-electron chi connectivity index (χ1n) is 14.5. The summed E-state index contributed by atoms with van der Waals surface area (Å²) in [5.41, 5.74) is 4.87. The largest absolute Gasteiger partial charge is 0.497 e. The SMILES string of the molecule is COc1ccc(C2(c3ccc(OC)cc3)CCCN(Cc3cccc(C(=O)N(C)CC(O)c4ccccc4)c3)C2)cc1. The quantitative estimate of drug-likeness (QED) is 0.253. The van der Waals surface area contributed by atoms with Crippen LogP contribution in [0, 0.1) is 0 Å². The first-order chi connectivity index (χ1) is 20.4. The van der Waals surface area contributed by atoms with Crippen molar-refractivity contribution < 1.29 is 19.4 Å². The van der Waals surface area contributed by atoms with Crippen molar-refractivity contribution in [2.24, 2.45) is 0 Å². The lowest BCUT2D eigenvalue weighted by Crippen LogP contribution is -2.46. The standard InChI is InChI=1S/C36H40N2O4/c1-37(25-34(39)28-10-5-4-6-11-28)35(40)29-12-7-9-27(23-29)24-38-22-8-21-36(26-38,30-13-17-32(41-2)18-14-30)31-15-19-33(42-3)20-16-31/h4-7,9-20,23,34,39H,8,21-22,24-26H2,1-3H3. The van der Waals surface area contributed by atoms with E-state index in [9.17, 15) is 9.90 Å². The van der Waals surface area contributed by atoms with Gasteiger partial charge in [-0.25, -0.2) is 0 Å². The fourth-order valence-corrected chi connectivity index (χ4v) is 6.14. The van der Waals surface area contributed by atoms with Gasteiger partial charge in [0.15, 0.2) is 0 Å². The van der Waals surface area contributed by atoms with Gasteiger partial charge in [0.25, 0.3) is 5.91 Å². The number of aliphatic hydroxyl groups is 1. The van der Waals surface area contributed by atoms with Crippen LogP contribution in [0.4, 0.5) is 0 Å². The monoisotopic (exact) mass is 564 g/mol. The molecule has 1 heterocycles. The van der Waals surface area contributed by atoms with Crippen molar-refractivity contribution in [1.82, 2.24) is 9.80 Å². The predicted molar refractivity (Wildman–Crippen MR) is 166 cm³/mol. The van der Waals surface area contributed by atoms with Gasteiger partial charge >= 0.3 is 0 Å². The average Bonchev–Trinajstić information content (AvgIpc) is 3.05. The molecule has 0 aromatic heterocycles. The number of likely N-dealkylation sites (N-methyl/N-ethyl adjacent to an activating group) is 1. The van der Waals surface area contributed by atoms with Crippen LogP contribution in [-0.2, 0) is 12.0 Å². The van der Waals surface area contributed by atoms with Crippen molar-refractivity contribution in [1.29, 1.82) is 0 Å². The number of ether oxygens (including phenoxy) is 2. The van der Waals surface area contributed by atoms with Crippen LogP contribution in [0.3, 0.4) is 0 Å². The highest BCUT2D eigenvalue weighted by atomic mass is 16.5. The summed E-state index contributed by atoms with van der Waals surface area (Å²) in [7, 11) is 5.13. The molecule has 0 bridgehead atoms. The number of carbonyl (C=O) groups excluding carboxylic acids is 1. The molecule has 1 unspecified atom stereocenters. The van der Waals surface area contributed by atoms with Gasteiger partial charge in [0, 0.05) is 31.1 Å². The Morgan fingerprint density at radius 1 is 0.881 bits per heavy atom. The smallest absolute Gasteiger partial charge is 0.253 e. The van der Waals surface area contributed by atoms with Crippen molar-refractivity contribution in [3.8, 4) is 11.5 Å². The Labute approximate surface area is 249 Å². The molecule has 4 aromatic carbocycles. The highest BCUT2D eigenvalue weighted by Gasteiger charge is 2.39. The van der Waals surface area contributed by atoms with Crippen LogP contribution in [0.15, 0.2) is 103 Å². The minimum atomic E-state index is -0.735. The molecule has 1 N–H and O–H groups in total. The average molecular weight is 565 g/mol. The van der Waals surface area contributed by atoms with Crippen molar-refractivity contribution >= 4 is 5.91 Å². The minimum absolute atomic E-state index is 0.101. The summed E-state index contributed by atoms with van der Waals surface area (Å²) in [5.74, 6) is 1.59. The fraction of sp³-hybridized carbons (Fsp3) is 0.306. The number of rotatable bonds is 10. The number of methoxy groups -OCH3 is 2. The highest BCUT2D eigenvalue weighted by Crippen LogP contribution is 2.42. The molecular weight excluding hydrogens is 524 g/mol. The third-order valence-corrected chi connectivity index (χ3v) is 8.41. The zero-order valence-electron chi connectivity index (χ0n) is 24.7. The van der Waals surface area contributed by atoms with Gasteiger partial charge in [-0.2, -0.15) is 0 Å². The lowest BCUT2D eigenvalue weighted by atomic mass is 9.69. The first kappa shape index (κ1) is 29.4. The van der Waals surface area contributed by atoms with Gasteiger partial charge in [0.2, 0.25) is 0 Å². The van der Waals surface area contributed by atoms with Crippen LogP contribution in [0.25, 0.3) is 0 Å². The molecule has 6 nitrogen and oxygen atoms in total. The van der Waals surface area contributed by atoms with E-state index in [1.54, 1.807) is 26.2 Å². The van der Waals surface area contributed by atoms with Gasteiger partial charge in [-0.1, -0.05) is 66.7 Å². The van der Waals surface area contributed by atoms with E-state index < -0.39 is 6.10 Å². The number of aliphatic hydroxyl groups excluding tert-OH is 1. The molecule has 1 amide bonds. The maximum absolute atomic E-state index is 13.3. The topological polar surface area (TPSA) is 62.2 Å². The molecule has 42 heavy (non-hydrogen) atoms. The Kier molecular flexibility index (Phi) is 9.25. The van der Waals surface area contributed by atoms with Gasteiger partial charge in [-0.05, 0) is 78.0 Å². The van der Waals surface area contributed by atoms with Crippen LogP contribution < -0.4 is 9.47 Å². The zero-order valence-corrected chi connectivity index (χ0v) is 24.7. The van der Waals surface area contributed by atoms with Crippen LogP contribution in [0.2, 0.25) is 0 Å². The number of piperidine rings is 1. The lowest BCUT2D eigenvalue weighted by Gasteiger charge is -2.44. The predicted octanol–water partition coefficient (Wildman–Crippen LogP) is 6.09. The lowest BCUT2D eigenvalue weighted by molar-refractivity contribution is 0.0680. The van der Waals surface area contributed by atoms with E-state index in [1.165, 1.54) is 11.1 Å². The summed E-state index contributed by atoms with van der Waals surface area (Å²) in [6.07, 6.45) is 1.35. The second kappa shape index (κ2) is 13.2. The van der Waals surface area contributed by atoms with Gasteiger partial charge in [-0.3, -0.25) is 9.69 Å². The molecule has 6 heteroatoms. The van der Waals surface area contributed by atoms with E-state index in [1.807, 2.05) is 72.8 Å². The molecule has 0 spiro atoms. The molecule has 1 atom stereocenters. The van der Waals surface area contributed by atoms with Gasteiger partial charge < -0.3 is 19.5 Å². The van der Waals surface area contributed by atoms with E-state index in [4.69, 9.17) is 9.47 Å². The fourth-order valence-electron chi connectivity index (χ4n) is 6.14. The first-order valence-corrected chi connectivity index (χ1v) is 14.5.